The highest BCUT2D eigenvalue weighted by Crippen LogP contribution is 2.46. The molecule has 1 aromatic carbocycles. The van der Waals surface area contributed by atoms with Gasteiger partial charge >= 0.3 is 0 Å². The third kappa shape index (κ3) is 3.57. The van der Waals surface area contributed by atoms with Gasteiger partial charge in [0.1, 0.15) is 5.82 Å². The number of aryl methyl sites for hydroxylation is 2. The summed E-state index contributed by atoms with van der Waals surface area (Å²) < 4.78 is 2.30. The number of halogens is 1. The first-order valence-corrected chi connectivity index (χ1v) is 9.18. The third-order valence-corrected chi connectivity index (χ3v) is 6.04. The maximum Gasteiger partial charge on any atom is 0.194 e. The lowest BCUT2D eigenvalue weighted by Gasteiger charge is -2.62. The number of imidazole rings is 1. The number of guanidine groups is 1. The van der Waals surface area contributed by atoms with E-state index in [9.17, 15) is 0 Å². The minimum atomic E-state index is 0. The maximum atomic E-state index is 4.64. The molecule has 1 aromatic heterocycles. The highest BCUT2D eigenvalue weighted by molar-refractivity contribution is 14.0. The molecule has 0 radical (unpaired) electrons. The minimum Gasteiger partial charge on any atom is -0.356 e. The average molecular weight is 469 g/mol. The Bertz CT molecular complexity index is 791. The van der Waals surface area contributed by atoms with Crippen LogP contribution < -0.4 is 5.32 Å². The number of para-hydroxylation sites is 2. The summed E-state index contributed by atoms with van der Waals surface area (Å²) in [5.41, 5.74) is 2.74. The third-order valence-electron chi connectivity index (χ3n) is 6.04. The SMILES string of the molecule is CN=C(NCCCn1c(C)nc2ccccc21)N1CC(C)(C)C1(C)C.I. The normalized spacial score (nSPS) is 18.4. The van der Waals surface area contributed by atoms with Crippen molar-refractivity contribution in [1.82, 2.24) is 19.8 Å². The van der Waals surface area contributed by atoms with Crippen LogP contribution in [0.4, 0.5) is 0 Å². The van der Waals surface area contributed by atoms with Crippen LogP contribution in [0.25, 0.3) is 11.0 Å². The number of aromatic nitrogens is 2. The lowest BCUT2D eigenvalue weighted by molar-refractivity contribution is -0.0667. The lowest BCUT2D eigenvalue weighted by atomic mass is 9.65. The molecule has 26 heavy (non-hydrogen) atoms. The number of nitrogens with zero attached hydrogens (tertiary/aromatic N) is 4. The molecule has 0 amide bonds. The summed E-state index contributed by atoms with van der Waals surface area (Å²) in [6.07, 6.45) is 1.04. The Morgan fingerprint density at radius 3 is 2.54 bits per heavy atom. The Labute approximate surface area is 174 Å². The molecule has 0 bridgehead atoms. The predicted molar refractivity (Wildman–Crippen MR) is 120 cm³/mol. The summed E-state index contributed by atoms with van der Waals surface area (Å²) in [5, 5.41) is 3.54. The first-order valence-electron chi connectivity index (χ1n) is 9.18. The molecule has 0 atom stereocenters. The van der Waals surface area contributed by atoms with Gasteiger partial charge < -0.3 is 14.8 Å². The second-order valence-electron chi connectivity index (χ2n) is 8.16. The number of rotatable bonds is 4. The monoisotopic (exact) mass is 469 g/mol. The quantitative estimate of drug-likeness (QED) is 0.318. The Kier molecular flexibility index (Phi) is 6.25. The van der Waals surface area contributed by atoms with Crippen molar-refractivity contribution in [3.63, 3.8) is 0 Å². The van der Waals surface area contributed by atoms with E-state index in [-0.39, 0.29) is 29.5 Å². The fourth-order valence-electron chi connectivity index (χ4n) is 3.61. The fourth-order valence-corrected chi connectivity index (χ4v) is 3.61. The molecule has 2 aromatic rings. The van der Waals surface area contributed by atoms with Crippen molar-refractivity contribution in [3.05, 3.63) is 30.1 Å². The van der Waals surface area contributed by atoms with Crippen molar-refractivity contribution in [2.45, 2.75) is 53.1 Å². The molecule has 144 valence electrons. The molecule has 0 aliphatic carbocycles. The van der Waals surface area contributed by atoms with Gasteiger partial charge in [-0.1, -0.05) is 26.0 Å². The zero-order valence-electron chi connectivity index (χ0n) is 16.8. The van der Waals surface area contributed by atoms with E-state index in [4.69, 9.17) is 0 Å². The van der Waals surface area contributed by atoms with Crippen LogP contribution in [0.5, 0.6) is 0 Å². The number of fused-ring (bicyclic) bond motifs is 1. The number of benzene rings is 1. The average Bonchev–Trinajstić information content (AvgIpc) is 2.89. The molecule has 1 N–H and O–H groups in total. The number of likely N-dealkylation sites (tertiary alicyclic amines) is 1. The van der Waals surface area contributed by atoms with Gasteiger partial charge in [-0.3, -0.25) is 4.99 Å². The van der Waals surface area contributed by atoms with E-state index in [2.05, 4.69) is 77.6 Å². The van der Waals surface area contributed by atoms with E-state index >= 15 is 0 Å². The van der Waals surface area contributed by atoms with Crippen LogP contribution >= 0.6 is 24.0 Å². The zero-order chi connectivity index (χ0) is 18.2. The second-order valence-corrected chi connectivity index (χ2v) is 8.16. The largest absolute Gasteiger partial charge is 0.356 e. The molecule has 5 nitrogen and oxygen atoms in total. The number of nitrogens with one attached hydrogen (secondary N) is 1. The Balaban J connectivity index is 0.00000243. The van der Waals surface area contributed by atoms with Crippen molar-refractivity contribution in [3.8, 4) is 0 Å². The molecule has 0 spiro atoms. The zero-order valence-corrected chi connectivity index (χ0v) is 19.2. The Morgan fingerprint density at radius 1 is 1.23 bits per heavy atom. The fraction of sp³-hybridized carbons (Fsp3) is 0.600. The van der Waals surface area contributed by atoms with Gasteiger partial charge in [0.15, 0.2) is 5.96 Å². The van der Waals surface area contributed by atoms with Crippen LogP contribution in [0.2, 0.25) is 0 Å². The van der Waals surface area contributed by atoms with Crippen LogP contribution in [0.3, 0.4) is 0 Å². The van der Waals surface area contributed by atoms with Crippen LogP contribution in [0, 0.1) is 12.3 Å². The number of aliphatic imine (C=N–C) groups is 1. The molecular weight excluding hydrogens is 437 g/mol. The molecule has 6 heteroatoms. The maximum absolute atomic E-state index is 4.64. The summed E-state index contributed by atoms with van der Waals surface area (Å²) in [4.78, 5) is 11.5. The number of hydrogen-bond donors (Lipinski definition) is 1. The number of hydrogen-bond acceptors (Lipinski definition) is 2. The predicted octanol–water partition coefficient (Wildman–Crippen LogP) is 4.05. The summed E-state index contributed by atoms with van der Waals surface area (Å²) >= 11 is 0. The summed E-state index contributed by atoms with van der Waals surface area (Å²) in [6.45, 7) is 14.2. The molecule has 3 rings (SSSR count). The van der Waals surface area contributed by atoms with Crippen molar-refractivity contribution >= 4 is 41.0 Å². The standard InChI is InChI=1S/C20H31N5.HI/c1-15-23-16-10-7-8-11-17(16)24(15)13-9-12-22-18(21-6)25-14-19(2,3)20(25,4)5;/h7-8,10-11H,9,12-14H2,1-6H3,(H,21,22);1H. The van der Waals surface area contributed by atoms with Crippen LogP contribution in [0.1, 0.15) is 39.9 Å². The van der Waals surface area contributed by atoms with E-state index < -0.39 is 0 Å². The van der Waals surface area contributed by atoms with E-state index in [0.717, 1.165) is 43.4 Å². The Hall–Kier alpha value is -1.31. The van der Waals surface area contributed by atoms with E-state index in [1.165, 1.54) is 5.52 Å². The highest BCUT2D eigenvalue weighted by atomic mass is 127. The molecule has 1 saturated heterocycles. The van der Waals surface area contributed by atoms with Crippen LogP contribution in [-0.4, -0.2) is 46.1 Å². The highest BCUT2D eigenvalue weighted by Gasteiger charge is 2.53. The smallest absolute Gasteiger partial charge is 0.194 e. The van der Waals surface area contributed by atoms with Gasteiger partial charge in [0.05, 0.1) is 11.0 Å². The first-order chi connectivity index (χ1) is 11.8. The van der Waals surface area contributed by atoms with E-state index in [0.29, 0.717) is 5.41 Å². The summed E-state index contributed by atoms with van der Waals surface area (Å²) in [5.74, 6) is 2.09. The van der Waals surface area contributed by atoms with Crippen molar-refractivity contribution in [2.24, 2.45) is 10.4 Å². The van der Waals surface area contributed by atoms with E-state index in [1.54, 1.807) is 0 Å². The van der Waals surface area contributed by atoms with Crippen molar-refractivity contribution < 1.29 is 0 Å². The van der Waals surface area contributed by atoms with Crippen LogP contribution in [-0.2, 0) is 6.54 Å². The van der Waals surface area contributed by atoms with E-state index in [1.807, 2.05) is 13.1 Å². The molecule has 0 saturated carbocycles. The first kappa shape index (κ1) is 21.0. The van der Waals surface area contributed by atoms with Crippen LogP contribution in [0.15, 0.2) is 29.3 Å². The lowest BCUT2D eigenvalue weighted by Crippen LogP contribution is -2.72. The molecule has 1 aliphatic rings. The summed E-state index contributed by atoms with van der Waals surface area (Å²) in [6, 6.07) is 8.34. The minimum absolute atomic E-state index is 0. The molecule has 1 fully saturated rings. The molecule has 0 unspecified atom stereocenters. The van der Waals surface area contributed by atoms with Gasteiger partial charge in [-0.15, -0.1) is 24.0 Å². The topological polar surface area (TPSA) is 45.5 Å². The van der Waals surface area contributed by atoms with Gasteiger partial charge in [0.25, 0.3) is 0 Å². The van der Waals surface area contributed by atoms with Crippen molar-refractivity contribution in [2.75, 3.05) is 20.1 Å². The second kappa shape index (κ2) is 7.74. The van der Waals surface area contributed by atoms with Gasteiger partial charge in [-0.25, -0.2) is 4.98 Å². The van der Waals surface area contributed by atoms with Crippen molar-refractivity contribution in [1.29, 1.82) is 0 Å². The molecule has 2 heterocycles. The van der Waals surface area contributed by atoms with Gasteiger partial charge in [-0.05, 0) is 39.3 Å². The van der Waals surface area contributed by atoms with Gasteiger partial charge in [0, 0.05) is 37.6 Å². The summed E-state index contributed by atoms with van der Waals surface area (Å²) in [7, 11) is 1.87. The molecule has 1 aliphatic heterocycles. The van der Waals surface area contributed by atoms with Gasteiger partial charge in [0.2, 0.25) is 0 Å². The molecular formula is C20H32IN5. The van der Waals surface area contributed by atoms with Gasteiger partial charge in [-0.2, -0.15) is 0 Å². The Morgan fingerprint density at radius 2 is 1.92 bits per heavy atom.